The minimum Gasteiger partial charge on any atom is -0.322 e. The summed E-state index contributed by atoms with van der Waals surface area (Å²) in [6.45, 7) is 4.12. The first-order valence-electron chi connectivity index (χ1n) is 5.51. The van der Waals surface area contributed by atoms with Gasteiger partial charge in [-0.05, 0) is 18.9 Å². The van der Waals surface area contributed by atoms with E-state index in [1.165, 1.54) is 11.1 Å². The average molecular weight is 232 g/mol. The number of aryl methyl sites for hydroxylation is 1. The van der Waals surface area contributed by atoms with Gasteiger partial charge in [0.05, 0.1) is 11.7 Å². The third-order valence-corrected chi connectivity index (χ3v) is 3.62. The van der Waals surface area contributed by atoms with Gasteiger partial charge in [-0.3, -0.25) is 0 Å². The molecule has 1 heterocycles. The lowest BCUT2D eigenvalue weighted by Gasteiger charge is -2.00. The molecule has 2 rings (SSSR count). The molecule has 0 fully saturated rings. The summed E-state index contributed by atoms with van der Waals surface area (Å²) < 4.78 is 0. The van der Waals surface area contributed by atoms with Gasteiger partial charge >= 0.3 is 0 Å². The lowest BCUT2D eigenvalue weighted by molar-refractivity contribution is 0.808. The van der Waals surface area contributed by atoms with Crippen molar-refractivity contribution in [3.05, 3.63) is 40.2 Å². The maximum absolute atomic E-state index is 5.80. The summed E-state index contributed by atoms with van der Waals surface area (Å²) in [5, 5.41) is 3.06. The molecule has 2 aromatic rings. The molecular weight excluding hydrogens is 216 g/mol. The maximum atomic E-state index is 5.80. The number of rotatable bonds is 3. The van der Waals surface area contributed by atoms with Gasteiger partial charge in [-0.1, -0.05) is 31.2 Å². The third-order valence-electron chi connectivity index (χ3n) is 2.57. The predicted octanol–water partition coefficient (Wildman–Crippen LogP) is 3.39. The summed E-state index contributed by atoms with van der Waals surface area (Å²) in [6, 6.07) is 8.58. The molecule has 16 heavy (non-hydrogen) atoms. The van der Waals surface area contributed by atoms with Crippen molar-refractivity contribution >= 4 is 11.3 Å². The zero-order chi connectivity index (χ0) is 11.5. The molecule has 2 nitrogen and oxygen atoms in total. The van der Waals surface area contributed by atoms with Crippen molar-refractivity contribution in [3.63, 3.8) is 0 Å². The fraction of sp³-hybridized carbons (Fsp3) is 0.308. The van der Waals surface area contributed by atoms with Crippen LogP contribution in [0.2, 0.25) is 0 Å². The highest BCUT2D eigenvalue weighted by Crippen LogP contribution is 2.24. The van der Waals surface area contributed by atoms with Gasteiger partial charge in [-0.2, -0.15) is 0 Å². The molecule has 0 radical (unpaired) electrons. The first-order valence-corrected chi connectivity index (χ1v) is 6.39. The Morgan fingerprint density at radius 1 is 1.31 bits per heavy atom. The van der Waals surface area contributed by atoms with Gasteiger partial charge in [-0.15, -0.1) is 11.3 Å². The second kappa shape index (κ2) is 4.76. The van der Waals surface area contributed by atoms with Gasteiger partial charge in [0.1, 0.15) is 5.01 Å². The molecule has 0 aliphatic rings. The standard InChI is InChI=1S/C13H16N2S/c1-3-10-4-6-11(7-5-10)12-8-16-13(15-12)9(2)14/h4-9H,3,14H2,1-2H3. The molecule has 0 aliphatic carbocycles. The van der Waals surface area contributed by atoms with E-state index in [0.717, 1.165) is 17.1 Å². The third kappa shape index (κ3) is 2.31. The predicted molar refractivity (Wildman–Crippen MR) is 69.5 cm³/mol. The molecule has 1 unspecified atom stereocenters. The number of hydrogen-bond acceptors (Lipinski definition) is 3. The quantitative estimate of drug-likeness (QED) is 0.881. The van der Waals surface area contributed by atoms with E-state index in [9.17, 15) is 0 Å². The fourth-order valence-electron chi connectivity index (χ4n) is 1.54. The van der Waals surface area contributed by atoms with E-state index in [4.69, 9.17) is 5.73 Å². The average Bonchev–Trinajstić information content (AvgIpc) is 2.78. The Hall–Kier alpha value is -1.19. The zero-order valence-electron chi connectivity index (χ0n) is 9.60. The highest BCUT2D eigenvalue weighted by Gasteiger charge is 2.07. The SMILES string of the molecule is CCc1ccc(-c2csc(C(C)N)n2)cc1. The molecule has 0 saturated heterocycles. The first kappa shape index (κ1) is 11.3. The maximum Gasteiger partial charge on any atom is 0.110 e. The lowest BCUT2D eigenvalue weighted by Crippen LogP contribution is -2.03. The minimum absolute atomic E-state index is 0.0219. The fourth-order valence-corrected chi connectivity index (χ4v) is 2.33. The summed E-state index contributed by atoms with van der Waals surface area (Å²) in [6.07, 6.45) is 1.07. The van der Waals surface area contributed by atoms with Crippen molar-refractivity contribution in [1.29, 1.82) is 0 Å². The van der Waals surface area contributed by atoms with Crippen molar-refractivity contribution in [3.8, 4) is 11.3 Å². The molecule has 0 saturated carbocycles. The number of benzene rings is 1. The van der Waals surface area contributed by atoms with Crippen LogP contribution in [0.4, 0.5) is 0 Å². The number of hydrogen-bond donors (Lipinski definition) is 1. The Morgan fingerprint density at radius 3 is 2.50 bits per heavy atom. The van der Waals surface area contributed by atoms with Crippen LogP contribution in [0.1, 0.15) is 30.5 Å². The summed E-state index contributed by atoms with van der Waals surface area (Å²) in [7, 11) is 0. The summed E-state index contributed by atoms with van der Waals surface area (Å²) in [5.41, 5.74) is 9.35. The van der Waals surface area contributed by atoms with Crippen LogP contribution >= 0.6 is 11.3 Å². The molecule has 0 bridgehead atoms. The van der Waals surface area contributed by atoms with E-state index >= 15 is 0 Å². The second-order valence-corrected chi connectivity index (χ2v) is 4.80. The van der Waals surface area contributed by atoms with Crippen molar-refractivity contribution in [2.45, 2.75) is 26.3 Å². The molecule has 1 aromatic heterocycles. The van der Waals surface area contributed by atoms with E-state index in [1.54, 1.807) is 11.3 Å². The molecule has 1 atom stereocenters. The smallest absolute Gasteiger partial charge is 0.110 e. The van der Waals surface area contributed by atoms with Crippen molar-refractivity contribution < 1.29 is 0 Å². The van der Waals surface area contributed by atoms with Crippen LogP contribution < -0.4 is 5.73 Å². The van der Waals surface area contributed by atoms with E-state index in [0.29, 0.717) is 0 Å². The number of nitrogens with two attached hydrogens (primary N) is 1. The van der Waals surface area contributed by atoms with Crippen LogP contribution in [-0.4, -0.2) is 4.98 Å². The molecule has 2 N–H and O–H groups in total. The molecule has 3 heteroatoms. The zero-order valence-corrected chi connectivity index (χ0v) is 10.4. The highest BCUT2D eigenvalue weighted by molar-refractivity contribution is 7.10. The molecule has 0 aliphatic heterocycles. The van der Waals surface area contributed by atoms with Crippen LogP contribution in [0.3, 0.4) is 0 Å². The summed E-state index contributed by atoms with van der Waals surface area (Å²) in [5.74, 6) is 0. The minimum atomic E-state index is 0.0219. The van der Waals surface area contributed by atoms with Crippen LogP contribution in [0, 0.1) is 0 Å². The molecular formula is C13H16N2S. The molecule has 1 aromatic carbocycles. The van der Waals surface area contributed by atoms with Gasteiger partial charge in [0.15, 0.2) is 0 Å². The van der Waals surface area contributed by atoms with E-state index in [1.807, 2.05) is 6.92 Å². The number of thiazole rings is 1. The van der Waals surface area contributed by atoms with Gasteiger partial charge < -0.3 is 5.73 Å². The van der Waals surface area contributed by atoms with Crippen LogP contribution in [0.5, 0.6) is 0 Å². The summed E-state index contributed by atoms with van der Waals surface area (Å²) in [4.78, 5) is 4.53. The van der Waals surface area contributed by atoms with Crippen LogP contribution in [0.15, 0.2) is 29.6 Å². The van der Waals surface area contributed by atoms with E-state index < -0.39 is 0 Å². The van der Waals surface area contributed by atoms with E-state index in [-0.39, 0.29) is 6.04 Å². The largest absolute Gasteiger partial charge is 0.322 e. The van der Waals surface area contributed by atoms with Crippen molar-refractivity contribution in [2.75, 3.05) is 0 Å². The van der Waals surface area contributed by atoms with E-state index in [2.05, 4.69) is 41.6 Å². The molecule has 0 spiro atoms. The van der Waals surface area contributed by atoms with Gasteiger partial charge in [0.25, 0.3) is 0 Å². The lowest BCUT2D eigenvalue weighted by atomic mass is 10.1. The topological polar surface area (TPSA) is 38.9 Å². The highest BCUT2D eigenvalue weighted by atomic mass is 32.1. The molecule has 0 amide bonds. The monoisotopic (exact) mass is 232 g/mol. The van der Waals surface area contributed by atoms with Crippen LogP contribution in [0.25, 0.3) is 11.3 Å². The summed E-state index contributed by atoms with van der Waals surface area (Å²) >= 11 is 1.63. The second-order valence-electron chi connectivity index (χ2n) is 3.91. The Balaban J connectivity index is 2.28. The first-order chi connectivity index (χ1) is 7.70. The molecule has 84 valence electrons. The number of nitrogens with zero attached hydrogens (tertiary/aromatic N) is 1. The van der Waals surface area contributed by atoms with Crippen molar-refractivity contribution in [2.24, 2.45) is 5.73 Å². The Morgan fingerprint density at radius 2 is 2.00 bits per heavy atom. The van der Waals surface area contributed by atoms with Crippen LogP contribution in [-0.2, 0) is 6.42 Å². The van der Waals surface area contributed by atoms with Gasteiger partial charge in [0, 0.05) is 10.9 Å². The Labute approximate surface area is 100 Å². The Kier molecular flexibility index (Phi) is 3.36. The number of aromatic nitrogens is 1. The normalized spacial score (nSPS) is 12.7. The van der Waals surface area contributed by atoms with Crippen molar-refractivity contribution in [1.82, 2.24) is 4.98 Å². The van der Waals surface area contributed by atoms with Gasteiger partial charge in [-0.25, -0.2) is 4.98 Å². The Bertz CT molecular complexity index is 457. The van der Waals surface area contributed by atoms with Gasteiger partial charge in [0.2, 0.25) is 0 Å².